The molecule has 1 N–H and O–H groups in total. The van der Waals surface area contributed by atoms with E-state index in [4.69, 9.17) is 27.9 Å². The molecule has 1 amide bonds. The Hall–Kier alpha value is -0.360. The van der Waals surface area contributed by atoms with Gasteiger partial charge >= 0.3 is 6.18 Å². The Balaban J connectivity index is 1.51. The minimum Gasteiger partial charge on any atom is -0.362 e. The maximum atomic E-state index is 13.6. The fraction of sp³-hybridized carbons (Fsp3) is 0.955. The van der Waals surface area contributed by atoms with Gasteiger partial charge in [-0.05, 0) is 57.8 Å². The van der Waals surface area contributed by atoms with Gasteiger partial charge in [0, 0.05) is 23.3 Å². The molecule has 0 spiro atoms. The quantitative estimate of drug-likeness (QED) is 0.407. The molecule has 6 nitrogen and oxygen atoms in total. The normalized spacial score (nSPS) is 41.7. The van der Waals surface area contributed by atoms with Gasteiger partial charge in [-0.1, -0.05) is 6.42 Å². The van der Waals surface area contributed by atoms with Crippen molar-refractivity contribution in [3.63, 3.8) is 0 Å². The average Bonchev–Trinajstić information content (AvgIpc) is 2.78. The number of alkyl halides is 6. The lowest BCUT2D eigenvalue weighted by molar-refractivity contribution is -0.259. The van der Waals surface area contributed by atoms with Gasteiger partial charge in [-0.2, -0.15) is 17.5 Å². The van der Waals surface area contributed by atoms with E-state index in [9.17, 15) is 30.8 Å². The fourth-order valence-corrected chi connectivity index (χ4v) is 9.13. The predicted octanol–water partition coefficient (Wildman–Crippen LogP) is 4.28. The third-order valence-electron chi connectivity index (χ3n) is 7.91. The highest BCUT2D eigenvalue weighted by molar-refractivity contribution is 7.89. The summed E-state index contributed by atoms with van der Waals surface area (Å²) in [5.74, 6) is -0.897. The number of nitrogens with zero attached hydrogens (tertiary/aromatic N) is 1. The van der Waals surface area contributed by atoms with Gasteiger partial charge in [0.25, 0.3) is 0 Å². The summed E-state index contributed by atoms with van der Waals surface area (Å²) in [5.41, 5.74) is 0. The van der Waals surface area contributed by atoms with Crippen molar-refractivity contribution >= 4 is 39.1 Å². The summed E-state index contributed by atoms with van der Waals surface area (Å²) >= 11 is 12.7. The van der Waals surface area contributed by atoms with Crippen molar-refractivity contribution in [2.45, 2.75) is 117 Å². The van der Waals surface area contributed by atoms with Crippen molar-refractivity contribution in [3.8, 4) is 0 Å². The molecule has 6 atom stereocenters. The van der Waals surface area contributed by atoms with Crippen molar-refractivity contribution in [1.82, 2.24) is 9.62 Å². The van der Waals surface area contributed by atoms with Crippen LogP contribution in [-0.4, -0.2) is 77.8 Å². The Labute approximate surface area is 213 Å². The van der Waals surface area contributed by atoms with E-state index in [1.807, 2.05) is 0 Å². The molecule has 6 unspecified atom stereocenters. The highest BCUT2D eigenvalue weighted by Gasteiger charge is 2.54. The van der Waals surface area contributed by atoms with Gasteiger partial charge in [-0.15, -0.1) is 23.2 Å². The van der Waals surface area contributed by atoms with E-state index in [0.717, 1.165) is 10.7 Å². The number of amides is 1. The van der Waals surface area contributed by atoms with E-state index in [1.165, 1.54) is 0 Å². The molecular weight excluding hydrogens is 535 g/mol. The predicted molar refractivity (Wildman–Crippen MR) is 124 cm³/mol. The van der Waals surface area contributed by atoms with E-state index in [0.29, 0.717) is 19.3 Å². The zero-order valence-corrected chi connectivity index (χ0v) is 21.6. The first kappa shape index (κ1) is 27.7. The van der Waals surface area contributed by atoms with Crippen LogP contribution in [0.15, 0.2) is 0 Å². The first-order valence-electron chi connectivity index (χ1n) is 12.3. The second-order valence-electron chi connectivity index (χ2n) is 10.3. The number of rotatable bonds is 4. The second kappa shape index (κ2) is 10.8. The third-order valence-corrected chi connectivity index (χ3v) is 11.3. The van der Waals surface area contributed by atoms with Crippen LogP contribution < -0.4 is 5.32 Å². The summed E-state index contributed by atoms with van der Waals surface area (Å²) in [5, 5.41) is 1.19. The highest BCUT2D eigenvalue weighted by atomic mass is 35.5. The van der Waals surface area contributed by atoms with E-state index in [-0.39, 0.29) is 44.4 Å². The number of halogens is 6. The number of carbonyl (C=O) groups is 1. The van der Waals surface area contributed by atoms with Crippen molar-refractivity contribution in [1.29, 1.82) is 0 Å². The van der Waals surface area contributed by atoms with Gasteiger partial charge in [-0.3, -0.25) is 4.79 Å². The fourth-order valence-electron chi connectivity index (χ4n) is 5.97. The molecule has 3 saturated carbocycles. The van der Waals surface area contributed by atoms with Crippen LogP contribution in [0.5, 0.6) is 0 Å². The first-order chi connectivity index (χ1) is 16.4. The summed E-state index contributed by atoms with van der Waals surface area (Å²) < 4.78 is 87.7. The monoisotopic (exact) mass is 566 g/mol. The van der Waals surface area contributed by atoms with Gasteiger partial charge < -0.3 is 10.1 Å². The van der Waals surface area contributed by atoms with Crippen molar-refractivity contribution < 1.29 is 35.5 Å². The minimum absolute atomic E-state index is 0.0737. The summed E-state index contributed by atoms with van der Waals surface area (Å²) in [6, 6.07) is -1.28. The second-order valence-corrected chi connectivity index (χ2v) is 13.6. The summed E-state index contributed by atoms with van der Waals surface area (Å²) in [4.78, 5) is 13.0. The number of nitrogens with one attached hydrogen (secondary N) is 1. The van der Waals surface area contributed by atoms with Crippen LogP contribution in [0.3, 0.4) is 0 Å². The van der Waals surface area contributed by atoms with Crippen LogP contribution in [0.4, 0.5) is 17.6 Å². The van der Waals surface area contributed by atoms with Gasteiger partial charge in [0.1, 0.15) is 6.17 Å². The molecule has 0 aromatic rings. The molecule has 0 aromatic heterocycles. The molecular formula is C22H32Cl2F4N2O4S. The molecule has 13 heteroatoms. The average molecular weight is 567 g/mol. The van der Waals surface area contributed by atoms with E-state index >= 15 is 0 Å². The molecule has 1 heterocycles. The third kappa shape index (κ3) is 6.04. The van der Waals surface area contributed by atoms with Crippen LogP contribution in [0.25, 0.3) is 0 Å². The standard InChI is InChI=1S/C22H32Cl2F4N2O4S/c23-15-2-1-3-16(24)20(15)21(31)29-13-6-9-18-17(10-13)30(11-19(34-18)22(26,27)28)35(32,33)14-7-4-12(25)5-8-14/h12-20H,1-11H2,(H,29,31). The molecule has 1 aliphatic heterocycles. The zero-order valence-electron chi connectivity index (χ0n) is 19.2. The lowest BCUT2D eigenvalue weighted by atomic mass is 9.84. The summed E-state index contributed by atoms with van der Waals surface area (Å²) in [6.45, 7) is -0.834. The maximum Gasteiger partial charge on any atom is 0.415 e. The Morgan fingerprint density at radius 3 is 2.20 bits per heavy atom. The van der Waals surface area contributed by atoms with Gasteiger partial charge in [0.05, 0.1) is 23.3 Å². The molecule has 202 valence electrons. The van der Waals surface area contributed by atoms with Crippen LogP contribution in [0.2, 0.25) is 0 Å². The maximum absolute atomic E-state index is 13.6. The largest absolute Gasteiger partial charge is 0.415 e. The molecule has 1 saturated heterocycles. The molecule has 0 bridgehead atoms. The Morgan fingerprint density at radius 1 is 0.971 bits per heavy atom. The minimum atomic E-state index is -4.72. The molecule has 0 radical (unpaired) electrons. The van der Waals surface area contributed by atoms with Crippen LogP contribution in [0, 0.1) is 5.92 Å². The molecule has 3 aliphatic carbocycles. The van der Waals surface area contributed by atoms with Crippen LogP contribution >= 0.6 is 23.2 Å². The van der Waals surface area contributed by atoms with Crippen molar-refractivity contribution in [3.05, 3.63) is 0 Å². The lowest BCUT2D eigenvalue weighted by Crippen LogP contribution is -2.64. The summed E-state index contributed by atoms with van der Waals surface area (Å²) in [6.07, 6.45) is -5.86. The van der Waals surface area contributed by atoms with Crippen LogP contribution in [0.1, 0.15) is 64.2 Å². The Morgan fingerprint density at radius 2 is 1.60 bits per heavy atom. The molecule has 0 aromatic carbocycles. The van der Waals surface area contributed by atoms with Gasteiger partial charge in [0.15, 0.2) is 6.10 Å². The molecule has 4 rings (SSSR count). The Bertz CT molecular complexity index is 862. The highest BCUT2D eigenvalue weighted by Crippen LogP contribution is 2.40. The van der Waals surface area contributed by atoms with Crippen LogP contribution in [-0.2, 0) is 19.6 Å². The number of hydrogen-bond acceptors (Lipinski definition) is 4. The lowest BCUT2D eigenvalue weighted by Gasteiger charge is -2.49. The first-order valence-corrected chi connectivity index (χ1v) is 14.7. The number of fused-ring (bicyclic) bond motifs is 1. The van der Waals surface area contributed by atoms with Crippen molar-refractivity contribution in [2.75, 3.05) is 6.54 Å². The van der Waals surface area contributed by atoms with Gasteiger partial charge in [-0.25, -0.2) is 12.8 Å². The number of sulfonamides is 1. The SMILES string of the molecule is O=C(NC1CCC2OC(C(F)(F)F)CN(S(=O)(=O)C3CCC(F)CC3)C2C1)C1C(Cl)CCCC1Cl. The number of morpholine rings is 1. The Kier molecular flexibility index (Phi) is 8.53. The molecule has 35 heavy (non-hydrogen) atoms. The summed E-state index contributed by atoms with van der Waals surface area (Å²) in [7, 11) is -4.13. The molecule has 4 fully saturated rings. The number of ether oxygens (including phenoxy) is 1. The van der Waals surface area contributed by atoms with E-state index in [1.54, 1.807) is 0 Å². The zero-order chi connectivity index (χ0) is 25.5. The molecule has 4 aliphatic rings. The van der Waals surface area contributed by atoms with Gasteiger partial charge in [0.2, 0.25) is 15.9 Å². The van der Waals surface area contributed by atoms with E-state index in [2.05, 4.69) is 5.32 Å². The smallest absolute Gasteiger partial charge is 0.362 e. The topological polar surface area (TPSA) is 75.7 Å². The number of carbonyl (C=O) groups excluding carboxylic acids is 1. The van der Waals surface area contributed by atoms with E-state index < -0.39 is 75.1 Å². The number of hydrogen-bond donors (Lipinski definition) is 1. The van der Waals surface area contributed by atoms with Crippen molar-refractivity contribution in [2.24, 2.45) is 5.92 Å².